The van der Waals surface area contributed by atoms with Crippen LogP contribution in [0, 0.1) is 0 Å². The standard InChI is InChI=1S/C16H16N4O5S/c1-2-24-13-8-4-3-6-11(13)18-15(21)10-17-26(22,23)14-9-5-7-12-16(14)20-25-19-12/h3-9,17H,2,10H2,1H3,(H,18,21). The molecule has 1 amide bonds. The van der Waals surface area contributed by atoms with E-state index in [1.807, 2.05) is 6.92 Å². The van der Waals surface area contributed by atoms with E-state index in [0.29, 0.717) is 23.6 Å². The zero-order chi connectivity index (χ0) is 18.6. The average Bonchev–Trinajstić information content (AvgIpc) is 3.10. The first-order valence-electron chi connectivity index (χ1n) is 7.74. The van der Waals surface area contributed by atoms with E-state index in [4.69, 9.17) is 4.74 Å². The van der Waals surface area contributed by atoms with Gasteiger partial charge in [0.25, 0.3) is 0 Å². The van der Waals surface area contributed by atoms with Crippen LogP contribution in [0.15, 0.2) is 52.0 Å². The average molecular weight is 376 g/mol. The smallest absolute Gasteiger partial charge is 0.243 e. The number of amides is 1. The first-order valence-corrected chi connectivity index (χ1v) is 9.22. The number of sulfonamides is 1. The third-order valence-corrected chi connectivity index (χ3v) is 4.86. The predicted octanol–water partition coefficient (Wildman–Crippen LogP) is 1.54. The second-order valence-electron chi connectivity index (χ2n) is 5.19. The van der Waals surface area contributed by atoms with E-state index in [9.17, 15) is 13.2 Å². The van der Waals surface area contributed by atoms with Crippen molar-refractivity contribution in [1.29, 1.82) is 0 Å². The van der Waals surface area contributed by atoms with Gasteiger partial charge in [-0.05, 0) is 41.5 Å². The fourth-order valence-electron chi connectivity index (χ4n) is 2.28. The summed E-state index contributed by atoms with van der Waals surface area (Å²) >= 11 is 0. The van der Waals surface area contributed by atoms with Gasteiger partial charge in [-0.3, -0.25) is 4.79 Å². The van der Waals surface area contributed by atoms with Gasteiger partial charge in [-0.25, -0.2) is 17.8 Å². The van der Waals surface area contributed by atoms with Crippen molar-refractivity contribution in [3.63, 3.8) is 0 Å². The largest absolute Gasteiger partial charge is 0.492 e. The number of hydrogen-bond acceptors (Lipinski definition) is 7. The van der Waals surface area contributed by atoms with Crippen molar-refractivity contribution in [2.24, 2.45) is 0 Å². The third kappa shape index (κ3) is 3.81. The SMILES string of the molecule is CCOc1ccccc1NC(=O)CNS(=O)(=O)c1cccc2nonc12. The summed E-state index contributed by atoms with van der Waals surface area (Å²) in [5.74, 6) is -0.0316. The maximum absolute atomic E-state index is 12.4. The Labute approximate surface area is 149 Å². The van der Waals surface area contributed by atoms with E-state index >= 15 is 0 Å². The molecule has 0 spiro atoms. The van der Waals surface area contributed by atoms with Crippen LogP contribution in [0.3, 0.4) is 0 Å². The predicted molar refractivity (Wildman–Crippen MR) is 93.2 cm³/mol. The van der Waals surface area contributed by atoms with Crippen molar-refractivity contribution in [3.8, 4) is 5.75 Å². The number of hydrogen-bond donors (Lipinski definition) is 2. The zero-order valence-corrected chi connectivity index (χ0v) is 14.6. The summed E-state index contributed by atoms with van der Waals surface area (Å²) in [4.78, 5) is 12.0. The van der Waals surface area contributed by atoms with Crippen molar-refractivity contribution < 1.29 is 22.6 Å². The molecule has 0 bridgehead atoms. The van der Waals surface area contributed by atoms with Crippen molar-refractivity contribution in [3.05, 3.63) is 42.5 Å². The van der Waals surface area contributed by atoms with Crippen molar-refractivity contribution in [2.45, 2.75) is 11.8 Å². The van der Waals surface area contributed by atoms with Crippen molar-refractivity contribution >= 4 is 32.7 Å². The number of carbonyl (C=O) groups is 1. The molecular formula is C16H16N4O5S. The third-order valence-electron chi connectivity index (χ3n) is 3.42. The molecule has 0 aliphatic rings. The summed E-state index contributed by atoms with van der Waals surface area (Å²) in [5.41, 5.74) is 0.867. The van der Waals surface area contributed by atoms with Gasteiger partial charge in [0.05, 0.1) is 18.8 Å². The highest BCUT2D eigenvalue weighted by atomic mass is 32.2. The quantitative estimate of drug-likeness (QED) is 0.641. The Kier molecular flexibility index (Phi) is 5.14. The van der Waals surface area contributed by atoms with Gasteiger partial charge in [-0.2, -0.15) is 0 Å². The highest BCUT2D eigenvalue weighted by molar-refractivity contribution is 7.89. The van der Waals surface area contributed by atoms with Gasteiger partial charge in [-0.1, -0.05) is 18.2 Å². The van der Waals surface area contributed by atoms with Crippen molar-refractivity contribution in [2.75, 3.05) is 18.5 Å². The summed E-state index contributed by atoms with van der Waals surface area (Å²) in [6.45, 7) is 1.81. The topological polar surface area (TPSA) is 123 Å². The van der Waals surface area contributed by atoms with Crippen LogP contribution in [-0.4, -0.2) is 37.8 Å². The normalized spacial score (nSPS) is 11.4. The Bertz CT molecular complexity index is 1030. The van der Waals surface area contributed by atoms with Crippen LogP contribution in [0.25, 0.3) is 11.0 Å². The number of anilines is 1. The van der Waals surface area contributed by atoms with E-state index in [2.05, 4.69) is 25.0 Å². The number of ether oxygens (including phenoxy) is 1. The molecule has 0 saturated carbocycles. The molecule has 2 N–H and O–H groups in total. The minimum Gasteiger partial charge on any atom is -0.492 e. The number of carbonyl (C=O) groups excluding carboxylic acids is 1. The Balaban J connectivity index is 1.70. The lowest BCUT2D eigenvalue weighted by molar-refractivity contribution is -0.115. The van der Waals surface area contributed by atoms with E-state index in [1.54, 1.807) is 30.3 Å². The molecule has 0 saturated heterocycles. The van der Waals surface area contributed by atoms with Crippen LogP contribution in [0.5, 0.6) is 5.75 Å². The molecule has 0 radical (unpaired) electrons. The van der Waals surface area contributed by atoms with E-state index < -0.39 is 22.5 Å². The first kappa shape index (κ1) is 17.8. The molecule has 0 aliphatic heterocycles. The molecule has 3 aromatic rings. The molecule has 0 aliphatic carbocycles. The van der Waals surface area contributed by atoms with Gasteiger partial charge in [0.15, 0.2) is 5.52 Å². The molecule has 9 nitrogen and oxygen atoms in total. The molecule has 136 valence electrons. The number of fused-ring (bicyclic) bond motifs is 1. The molecule has 3 rings (SSSR count). The number of rotatable bonds is 7. The lowest BCUT2D eigenvalue weighted by Gasteiger charge is -2.11. The summed E-state index contributed by atoms with van der Waals surface area (Å²) < 4.78 is 37.1. The van der Waals surface area contributed by atoms with Crippen LogP contribution in [-0.2, 0) is 14.8 Å². The van der Waals surface area contributed by atoms with E-state index in [0.717, 1.165) is 0 Å². The fourth-order valence-corrected chi connectivity index (χ4v) is 3.41. The lowest BCUT2D eigenvalue weighted by Crippen LogP contribution is -2.33. The second kappa shape index (κ2) is 7.50. The first-order chi connectivity index (χ1) is 12.5. The van der Waals surface area contributed by atoms with E-state index in [-0.39, 0.29) is 10.4 Å². The summed E-state index contributed by atoms with van der Waals surface area (Å²) in [6.07, 6.45) is 0. The van der Waals surface area contributed by atoms with Gasteiger partial charge >= 0.3 is 0 Å². The number of benzene rings is 2. The Morgan fingerprint density at radius 3 is 2.77 bits per heavy atom. The lowest BCUT2D eigenvalue weighted by atomic mass is 10.3. The van der Waals surface area contributed by atoms with Gasteiger partial charge < -0.3 is 10.1 Å². The minimum absolute atomic E-state index is 0.0992. The van der Waals surface area contributed by atoms with Crippen LogP contribution < -0.4 is 14.8 Å². The van der Waals surface area contributed by atoms with Gasteiger partial charge in [-0.15, -0.1) is 0 Å². The number of nitrogens with one attached hydrogen (secondary N) is 2. The van der Waals surface area contributed by atoms with Gasteiger partial charge in [0.1, 0.15) is 16.2 Å². The summed E-state index contributed by atoms with van der Waals surface area (Å²) in [5, 5.41) is 9.80. The van der Waals surface area contributed by atoms with E-state index in [1.165, 1.54) is 12.1 Å². The molecule has 1 heterocycles. The Morgan fingerprint density at radius 2 is 1.96 bits per heavy atom. The molecule has 1 aromatic heterocycles. The molecule has 10 heteroatoms. The number of nitrogens with zero attached hydrogens (tertiary/aromatic N) is 2. The molecule has 2 aromatic carbocycles. The summed E-state index contributed by atoms with van der Waals surface area (Å²) in [6, 6.07) is 11.3. The minimum atomic E-state index is -3.97. The number of para-hydroxylation sites is 2. The fraction of sp³-hybridized carbons (Fsp3) is 0.188. The molecule has 0 unspecified atom stereocenters. The van der Waals surface area contributed by atoms with Gasteiger partial charge in [0, 0.05) is 0 Å². The Morgan fingerprint density at radius 1 is 1.15 bits per heavy atom. The molecule has 0 atom stereocenters. The summed E-state index contributed by atoms with van der Waals surface area (Å²) in [7, 11) is -3.97. The Hall–Kier alpha value is -2.98. The maximum atomic E-state index is 12.4. The highest BCUT2D eigenvalue weighted by Crippen LogP contribution is 2.23. The maximum Gasteiger partial charge on any atom is 0.243 e. The number of aromatic nitrogens is 2. The second-order valence-corrected chi connectivity index (χ2v) is 6.93. The van der Waals surface area contributed by atoms with Crippen LogP contribution in [0.2, 0.25) is 0 Å². The molecule has 0 fully saturated rings. The van der Waals surface area contributed by atoms with Gasteiger partial charge in [0.2, 0.25) is 15.9 Å². The monoisotopic (exact) mass is 376 g/mol. The molecule has 26 heavy (non-hydrogen) atoms. The van der Waals surface area contributed by atoms with Crippen LogP contribution in [0.4, 0.5) is 5.69 Å². The van der Waals surface area contributed by atoms with Crippen molar-refractivity contribution in [1.82, 2.24) is 15.0 Å². The zero-order valence-electron chi connectivity index (χ0n) is 13.8. The van der Waals surface area contributed by atoms with Crippen LogP contribution in [0.1, 0.15) is 6.92 Å². The van der Waals surface area contributed by atoms with Crippen LogP contribution >= 0.6 is 0 Å². The highest BCUT2D eigenvalue weighted by Gasteiger charge is 2.21. The molecular weight excluding hydrogens is 360 g/mol.